The van der Waals surface area contributed by atoms with E-state index >= 15 is 0 Å². The maximum absolute atomic E-state index is 11.0. The first-order chi connectivity index (χ1) is 9.11. The fourth-order valence-electron chi connectivity index (χ4n) is 1.62. The van der Waals surface area contributed by atoms with E-state index in [-0.39, 0.29) is 11.5 Å². The van der Waals surface area contributed by atoms with Gasteiger partial charge in [0.1, 0.15) is 5.82 Å². The van der Waals surface area contributed by atoms with E-state index in [1.54, 1.807) is 38.4 Å². The lowest BCUT2D eigenvalue weighted by molar-refractivity contribution is -0.384. The summed E-state index contributed by atoms with van der Waals surface area (Å²) in [4.78, 5) is 18.7. The summed E-state index contributed by atoms with van der Waals surface area (Å²) in [7, 11) is 1.77. The van der Waals surface area contributed by atoms with Crippen LogP contribution in [0.15, 0.2) is 30.6 Å². The third-order valence-electron chi connectivity index (χ3n) is 2.59. The number of pyridine rings is 2. The van der Waals surface area contributed by atoms with E-state index in [9.17, 15) is 10.1 Å². The van der Waals surface area contributed by atoms with Gasteiger partial charge < -0.3 is 10.6 Å². The van der Waals surface area contributed by atoms with Crippen LogP contribution in [0.3, 0.4) is 0 Å². The third kappa shape index (κ3) is 2.76. The predicted molar refractivity (Wildman–Crippen MR) is 72.7 cm³/mol. The normalized spacial score (nSPS) is 10.0. The Hall–Kier alpha value is -2.70. The van der Waals surface area contributed by atoms with Gasteiger partial charge in [0.25, 0.3) is 0 Å². The summed E-state index contributed by atoms with van der Waals surface area (Å²) in [6.07, 6.45) is 3.11. The maximum Gasteiger partial charge on any atom is 0.314 e. The van der Waals surface area contributed by atoms with Gasteiger partial charge in [-0.05, 0) is 25.1 Å². The topological polar surface area (TPSA) is 93.0 Å². The Labute approximate surface area is 109 Å². The molecule has 0 bridgehead atoms. The number of hydrogen-bond acceptors (Lipinski definition) is 6. The fraction of sp³-hybridized carbons (Fsp3) is 0.167. The summed E-state index contributed by atoms with van der Waals surface area (Å²) in [6.45, 7) is 1.67. The minimum Gasteiger partial charge on any atom is -0.373 e. The Bertz CT molecular complexity index is 598. The highest BCUT2D eigenvalue weighted by molar-refractivity contribution is 5.67. The lowest BCUT2D eigenvalue weighted by Gasteiger charge is -2.07. The molecule has 0 aromatic carbocycles. The maximum atomic E-state index is 11.0. The highest BCUT2D eigenvalue weighted by Gasteiger charge is 2.18. The molecule has 0 saturated carbocycles. The van der Waals surface area contributed by atoms with Gasteiger partial charge in [0.05, 0.1) is 16.8 Å². The van der Waals surface area contributed by atoms with Gasteiger partial charge in [0.2, 0.25) is 5.82 Å². The van der Waals surface area contributed by atoms with Crippen molar-refractivity contribution in [3.63, 3.8) is 0 Å². The predicted octanol–water partition coefficient (Wildman–Crippen LogP) is 2.48. The van der Waals surface area contributed by atoms with E-state index < -0.39 is 4.92 Å². The van der Waals surface area contributed by atoms with Crippen molar-refractivity contribution in [3.8, 4) is 0 Å². The van der Waals surface area contributed by atoms with Crippen LogP contribution in [0.1, 0.15) is 5.56 Å². The van der Waals surface area contributed by atoms with Crippen molar-refractivity contribution in [1.82, 2.24) is 9.97 Å². The molecule has 98 valence electrons. The summed E-state index contributed by atoms with van der Waals surface area (Å²) in [5.41, 5.74) is 1.17. The molecule has 19 heavy (non-hydrogen) atoms. The zero-order valence-corrected chi connectivity index (χ0v) is 10.5. The molecule has 2 rings (SSSR count). The third-order valence-corrected chi connectivity index (χ3v) is 2.59. The van der Waals surface area contributed by atoms with Crippen molar-refractivity contribution in [2.75, 3.05) is 17.7 Å². The van der Waals surface area contributed by atoms with E-state index in [0.717, 1.165) is 5.82 Å². The minimum absolute atomic E-state index is 0.0276. The number of aryl methyl sites for hydroxylation is 1. The van der Waals surface area contributed by atoms with Crippen LogP contribution in [0.25, 0.3) is 0 Å². The van der Waals surface area contributed by atoms with Crippen LogP contribution in [-0.2, 0) is 0 Å². The number of nitrogens with zero attached hydrogens (tertiary/aromatic N) is 3. The average molecular weight is 259 g/mol. The summed E-state index contributed by atoms with van der Waals surface area (Å²) in [5.74, 6) is 0.932. The lowest BCUT2D eigenvalue weighted by Crippen LogP contribution is -2.02. The van der Waals surface area contributed by atoms with Gasteiger partial charge in [-0.25, -0.2) is 9.97 Å². The first-order valence-corrected chi connectivity index (χ1v) is 5.62. The Morgan fingerprint density at radius 1 is 1.26 bits per heavy atom. The van der Waals surface area contributed by atoms with Crippen LogP contribution in [0.4, 0.5) is 23.0 Å². The molecule has 0 atom stereocenters. The van der Waals surface area contributed by atoms with Gasteiger partial charge in [-0.1, -0.05) is 0 Å². The average Bonchev–Trinajstić information content (AvgIpc) is 2.39. The molecule has 2 aromatic rings. The van der Waals surface area contributed by atoms with E-state index in [2.05, 4.69) is 20.6 Å². The van der Waals surface area contributed by atoms with Crippen LogP contribution >= 0.6 is 0 Å². The summed E-state index contributed by atoms with van der Waals surface area (Å²) in [6, 6.07) is 5.14. The van der Waals surface area contributed by atoms with E-state index in [4.69, 9.17) is 0 Å². The number of nitrogens with one attached hydrogen (secondary N) is 2. The second kappa shape index (κ2) is 5.30. The molecule has 0 aliphatic carbocycles. The van der Waals surface area contributed by atoms with Crippen LogP contribution in [0, 0.1) is 17.0 Å². The smallest absolute Gasteiger partial charge is 0.314 e. The quantitative estimate of drug-likeness (QED) is 0.647. The molecule has 2 N–H and O–H groups in total. The van der Waals surface area contributed by atoms with Gasteiger partial charge in [0.15, 0.2) is 0 Å². The number of aromatic nitrogens is 2. The molecule has 7 heteroatoms. The molecule has 2 aromatic heterocycles. The molecule has 0 unspecified atom stereocenters. The van der Waals surface area contributed by atoms with Crippen molar-refractivity contribution < 1.29 is 4.92 Å². The van der Waals surface area contributed by atoms with Crippen LogP contribution in [-0.4, -0.2) is 21.9 Å². The minimum atomic E-state index is -0.444. The number of hydrogen-bond donors (Lipinski definition) is 2. The van der Waals surface area contributed by atoms with Gasteiger partial charge in [0, 0.05) is 18.8 Å². The molecule has 0 amide bonds. The Kier molecular flexibility index (Phi) is 3.56. The summed E-state index contributed by atoms with van der Waals surface area (Å²) in [5, 5.41) is 16.8. The fourth-order valence-corrected chi connectivity index (χ4v) is 1.62. The summed E-state index contributed by atoms with van der Waals surface area (Å²) >= 11 is 0. The van der Waals surface area contributed by atoms with Crippen LogP contribution in [0.2, 0.25) is 0 Å². The molecule has 7 nitrogen and oxygen atoms in total. The summed E-state index contributed by atoms with van der Waals surface area (Å²) < 4.78 is 0. The Morgan fingerprint density at radius 3 is 2.63 bits per heavy atom. The number of rotatable bonds is 4. The van der Waals surface area contributed by atoms with Crippen LogP contribution < -0.4 is 10.6 Å². The molecule has 0 aliphatic heterocycles. The van der Waals surface area contributed by atoms with Crippen molar-refractivity contribution in [1.29, 1.82) is 0 Å². The zero-order valence-electron chi connectivity index (χ0n) is 10.5. The van der Waals surface area contributed by atoms with Gasteiger partial charge in [-0.3, -0.25) is 10.1 Å². The highest BCUT2D eigenvalue weighted by atomic mass is 16.6. The molecular formula is C12H13N5O2. The molecule has 0 aliphatic rings. The van der Waals surface area contributed by atoms with Crippen molar-refractivity contribution in [3.05, 3.63) is 46.3 Å². The van der Waals surface area contributed by atoms with Gasteiger partial charge >= 0.3 is 5.69 Å². The largest absolute Gasteiger partial charge is 0.373 e. The second-order valence-corrected chi connectivity index (χ2v) is 3.89. The van der Waals surface area contributed by atoms with Crippen molar-refractivity contribution >= 4 is 23.0 Å². The molecule has 0 fully saturated rings. The van der Waals surface area contributed by atoms with E-state index in [0.29, 0.717) is 11.3 Å². The van der Waals surface area contributed by atoms with E-state index in [1.807, 2.05) is 0 Å². The second-order valence-electron chi connectivity index (χ2n) is 3.89. The first kappa shape index (κ1) is 12.7. The zero-order chi connectivity index (χ0) is 13.8. The SMILES string of the molecule is CNc1ccc(Nc2nccc(C)c2[N+](=O)[O-])cn1. The Balaban J connectivity index is 2.32. The standard InChI is InChI=1S/C12H13N5O2/c1-8-5-6-14-12(11(8)17(18)19)16-9-3-4-10(13-2)15-7-9/h3-7H,1-2H3,(H,13,15)(H,14,16). The highest BCUT2D eigenvalue weighted by Crippen LogP contribution is 2.28. The molecule has 0 radical (unpaired) electrons. The monoisotopic (exact) mass is 259 g/mol. The Morgan fingerprint density at radius 2 is 2.05 bits per heavy atom. The molecular weight excluding hydrogens is 246 g/mol. The van der Waals surface area contributed by atoms with Crippen LogP contribution in [0.5, 0.6) is 0 Å². The van der Waals surface area contributed by atoms with Gasteiger partial charge in [-0.2, -0.15) is 0 Å². The lowest BCUT2D eigenvalue weighted by atomic mass is 10.2. The molecule has 2 heterocycles. The molecule has 0 spiro atoms. The first-order valence-electron chi connectivity index (χ1n) is 5.62. The van der Waals surface area contributed by atoms with Gasteiger partial charge in [-0.15, -0.1) is 0 Å². The van der Waals surface area contributed by atoms with Crippen molar-refractivity contribution in [2.24, 2.45) is 0 Å². The van der Waals surface area contributed by atoms with E-state index in [1.165, 1.54) is 6.20 Å². The molecule has 0 saturated heterocycles. The number of anilines is 3. The number of nitro groups is 1. The van der Waals surface area contributed by atoms with Crippen molar-refractivity contribution in [2.45, 2.75) is 6.92 Å².